The average Bonchev–Trinajstić information content (AvgIpc) is 3.12. The predicted molar refractivity (Wildman–Crippen MR) is 120 cm³/mol. The molecule has 0 bridgehead atoms. The summed E-state index contributed by atoms with van der Waals surface area (Å²) < 4.78 is 17.2. The topological polar surface area (TPSA) is 67.4 Å². The molecule has 0 aromatic heterocycles. The van der Waals surface area contributed by atoms with E-state index in [2.05, 4.69) is 50.3 Å². The first-order chi connectivity index (χ1) is 12.5. The highest BCUT2D eigenvalue weighted by atomic mass is 127. The number of halogens is 2. The van der Waals surface area contributed by atoms with E-state index in [1.807, 2.05) is 12.1 Å². The van der Waals surface area contributed by atoms with Crippen LogP contribution in [0.2, 0.25) is 0 Å². The van der Waals surface area contributed by atoms with Gasteiger partial charge in [0.05, 0.1) is 17.7 Å². The van der Waals surface area contributed by atoms with E-state index in [1.54, 1.807) is 7.05 Å². The molecule has 27 heavy (non-hydrogen) atoms. The normalized spacial score (nSPS) is 17.4. The fourth-order valence-electron chi connectivity index (χ4n) is 3.11. The number of hydrogen-bond donors (Lipinski definition) is 2. The first-order valence-corrected chi connectivity index (χ1v) is 9.64. The smallest absolute Gasteiger partial charge is 0.231 e. The lowest BCUT2D eigenvalue weighted by Gasteiger charge is -2.41. The van der Waals surface area contributed by atoms with E-state index in [9.17, 15) is 0 Å². The molecule has 0 radical (unpaired) electrons. The minimum Gasteiger partial charge on any atom is -0.454 e. The van der Waals surface area contributed by atoms with Gasteiger partial charge in [-0.1, -0.05) is 0 Å². The molecule has 2 N–H and O–H groups in total. The van der Waals surface area contributed by atoms with Crippen LogP contribution in [0.5, 0.6) is 11.5 Å². The van der Waals surface area contributed by atoms with Gasteiger partial charge in [-0.2, -0.15) is 0 Å². The summed E-state index contributed by atoms with van der Waals surface area (Å²) in [7, 11) is 1.78. The predicted octanol–water partition coefficient (Wildman–Crippen LogP) is 2.57. The van der Waals surface area contributed by atoms with Crippen molar-refractivity contribution >= 4 is 45.9 Å². The van der Waals surface area contributed by atoms with Gasteiger partial charge in [0.2, 0.25) is 6.79 Å². The minimum atomic E-state index is 0. The SMILES string of the molecule is CN=C(NCc1cc(Br)c2c(c1)OCO2)NCC(C)(C)N1CCOCC1.I. The van der Waals surface area contributed by atoms with E-state index < -0.39 is 0 Å². The van der Waals surface area contributed by atoms with Gasteiger partial charge in [0.25, 0.3) is 0 Å². The van der Waals surface area contributed by atoms with Gasteiger partial charge in [0, 0.05) is 38.8 Å². The average molecular weight is 555 g/mol. The van der Waals surface area contributed by atoms with Gasteiger partial charge in [0.1, 0.15) is 0 Å². The standard InChI is InChI=1S/C18H27BrN4O3.HI/c1-18(2,23-4-6-24-7-5-23)11-22-17(20-3)21-10-13-8-14(19)16-15(9-13)25-12-26-16;/h8-9H,4-7,10-12H2,1-3H3,(H2,20,21,22);1H. The molecule has 0 amide bonds. The molecule has 0 saturated carbocycles. The molecule has 2 heterocycles. The van der Waals surface area contributed by atoms with Gasteiger partial charge in [-0.15, -0.1) is 24.0 Å². The van der Waals surface area contributed by atoms with Crippen molar-refractivity contribution in [1.82, 2.24) is 15.5 Å². The van der Waals surface area contributed by atoms with Crippen LogP contribution in [-0.2, 0) is 11.3 Å². The third-order valence-electron chi connectivity index (χ3n) is 4.73. The Kier molecular flexibility index (Phi) is 8.44. The second-order valence-corrected chi connectivity index (χ2v) is 7.86. The van der Waals surface area contributed by atoms with Crippen molar-refractivity contribution in [3.8, 4) is 11.5 Å². The first kappa shape index (κ1) is 22.5. The van der Waals surface area contributed by atoms with E-state index in [4.69, 9.17) is 14.2 Å². The molecule has 1 aromatic carbocycles. The van der Waals surface area contributed by atoms with Crippen LogP contribution in [0, 0.1) is 0 Å². The highest BCUT2D eigenvalue weighted by molar-refractivity contribution is 14.0. The molecule has 152 valence electrons. The summed E-state index contributed by atoms with van der Waals surface area (Å²) in [6, 6.07) is 4.02. The fraction of sp³-hybridized carbons (Fsp3) is 0.611. The summed E-state index contributed by atoms with van der Waals surface area (Å²) in [6.45, 7) is 9.73. The number of nitrogens with zero attached hydrogens (tertiary/aromatic N) is 2. The molecule has 2 aliphatic heterocycles. The van der Waals surface area contributed by atoms with Crippen molar-refractivity contribution in [2.45, 2.75) is 25.9 Å². The summed E-state index contributed by atoms with van der Waals surface area (Å²) in [5.41, 5.74) is 1.12. The molecular weight excluding hydrogens is 527 g/mol. The molecule has 0 atom stereocenters. The fourth-order valence-corrected chi connectivity index (χ4v) is 3.71. The van der Waals surface area contributed by atoms with Gasteiger partial charge in [0.15, 0.2) is 17.5 Å². The summed E-state index contributed by atoms with van der Waals surface area (Å²) in [5.74, 6) is 2.32. The molecule has 2 aliphatic rings. The number of aliphatic imine (C=N–C) groups is 1. The zero-order valence-electron chi connectivity index (χ0n) is 16.0. The van der Waals surface area contributed by atoms with Crippen LogP contribution in [0.4, 0.5) is 0 Å². The first-order valence-electron chi connectivity index (χ1n) is 8.85. The van der Waals surface area contributed by atoms with Crippen LogP contribution >= 0.6 is 39.9 Å². The molecule has 3 rings (SSSR count). The number of morpholine rings is 1. The summed E-state index contributed by atoms with van der Waals surface area (Å²) >= 11 is 3.53. The molecule has 7 nitrogen and oxygen atoms in total. The zero-order valence-corrected chi connectivity index (χ0v) is 19.9. The Morgan fingerprint density at radius 2 is 1.96 bits per heavy atom. The number of ether oxygens (including phenoxy) is 3. The van der Waals surface area contributed by atoms with Crippen molar-refractivity contribution in [1.29, 1.82) is 0 Å². The molecule has 1 saturated heterocycles. The lowest BCUT2D eigenvalue weighted by molar-refractivity contribution is -0.00834. The molecule has 9 heteroatoms. The number of hydrogen-bond acceptors (Lipinski definition) is 5. The Morgan fingerprint density at radius 1 is 1.22 bits per heavy atom. The second-order valence-electron chi connectivity index (χ2n) is 7.00. The lowest BCUT2D eigenvalue weighted by atomic mass is 10.0. The highest BCUT2D eigenvalue weighted by Crippen LogP contribution is 2.39. The molecular formula is C18H28BrIN4O3. The van der Waals surface area contributed by atoms with Gasteiger partial charge < -0.3 is 24.8 Å². The monoisotopic (exact) mass is 554 g/mol. The summed E-state index contributed by atoms with van der Waals surface area (Å²) in [4.78, 5) is 6.78. The third kappa shape index (κ3) is 5.85. The number of fused-ring (bicyclic) bond motifs is 1. The van der Waals surface area contributed by atoms with E-state index in [-0.39, 0.29) is 36.3 Å². The van der Waals surface area contributed by atoms with E-state index in [0.29, 0.717) is 6.54 Å². The molecule has 0 spiro atoms. The van der Waals surface area contributed by atoms with Gasteiger partial charge >= 0.3 is 0 Å². The van der Waals surface area contributed by atoms with E-state index in [0.717, 1.165) is 60.3 Å². The Morgan fingerprint density at radius 3 is 2.67 bits per heavy atom. The summed E-state index contributed by atoms with van der Waals surface area (Å²) in [6.07, 6.45) is 0. The Balaban J connectivity index is 0.00000261. The van der Waals surface area contributed by atoms with Crippen LogP contribution in [-0.4, -0.2) is 63.1 Å². The van der Waals surface area contributed by atoms with E-state index in [1.165, 1.54) is 0 Å². The van der Waals surface area contributed by atoms with Crippen molar-refractivity contribution in [2.75, 3.05) is 46.7 Å². The van der Waals surface area contributed by atoms with Crippen LogP contribution in [0.25, 0.3) is 0 Å². The molecule has 0 aliphatic carbocycles. The zero-order chi connectivity index (χ0) is 18.6. The van der Waals surface area contributed by atoms with Gasteiger partial charge in [-0.05, 0) is 47.5 Å². The van der Waals surface area contributed by atoms with Crippen molar-refractivity contribution < 1.29 is 14.2 Å². The van der Waals surface area contributed by atoms with Crippen LogP contribution in [0.1, 0.15) is 19.4 Å². The number of guanidine groups is 1. The number of benzene rings is 1. The highest BCUT2D eigenvalue weighted by Gasteiger charge is 2.28. The van der Waals surface area contributed by atoms with E-state index >= 15 is 0 Å². The second kappa shape index (κ2) is 10.1. The lowest BCUT2D eigenvalue weighted by Crippen LogP contribution is -2.56. The van der Waals surface area contributed by atoms with Crippen LogP contribution in [0.15, 0.2) is 21.6 Å². The molecule has 1 fully saturated rings. The largest absolute Gasteiger partial charge is 0.454 e. The van der Waals surface area contributed by atoms with Crippen LogP contribution in [0.3, 0.4) is 0 Å². The Hall–Kier alpha value is -0.780. The maximum atomic E-state index is 5.47. The van der Waals surface area contributed by atoms with Crippen molar-refractivity contribution in [3.63, 3.8) is 0 Å². The number of rotatable bonds is 5. The van der Waals surface area contributed by atoms with Gasteiger partial charge in [-0.25, -0.2) is 0 Å². The maximum absolute atomic E-state index is 5.47. The van der Waals surface area contributed by atoms with Crippen LogP contribution < -0.4 is 20.1 Å². The summed E-state index contributed by atoms with van der Waals surface area (Å²) in [5, 5.41) is 6.79. The molecule has 0 unspecified atom stereocenters. The third-order valence-corrected chi connectivity index (χ3v) is 5.32. The van der Waals surface area contributed by atoms with Gasteiger partial charge in [-0.3, -0.25) is 9.89 Å². The number of nitrogens with one attached hydrogen (secondary N) is 2. The van der Waals surface area contributed by atoms with Crippen molar-refractivity contribution in [3.05, 3.63) is 22.2 Å². The maximum Gasteiger partial charge on any atom is 0.231 e. The minimum absolute atomic E-state index is 0. The molecule has 1 aromatic rings. The quantitative estimate of drug-likeness (QED) is 0.331. The Labute approximate surface area is 186 Å². The Bertz CT molecular complexity index is 666. The van der Waals surface area contributed by atoms with Crippen molar-refractivity contribution in [2.24, 2.45) is 4.99 Å².